The molecule has 1 aliphatic heterocycles. The second-order valence-corrected chi connectivity index (χ2v) is 11.1. The van der Waals surface area contributed by atoms with Crippen LogP contribution in [0.2, 0.25) is 0 Å². The summed E-state index contributed by atoms with van der Waals surface area (Å²) in [5.41, 5.74) is 4.77. The Morgan fingerprint density at radius 1 is 1.29 bits per heavy atom. The molecule has 15 nitrogen and oxygen atoms in total. The molecule has 0 bridgehead atoms. The number of carbonyl (C=O) groups excluding carboxylic acids is 2. The SMILES string of the molecule is CCOC(=O)COP(=O)(N[C@@H](CC(C)C)C(=O)OCC)OC[C@H]1OC2(O)C(C1O)[C@@H]2n1ccc(N)nc1=O. The van der Waals surface area contributed by atoms with Gasteiger partial charge in [0.25, 0.3) is 0 Å². The molecule has 4 unspecified atom stereocenters. The molecule has 16 heteroatoms. The number of fused-ring (bicyclic) bond motifs is 1. The first-order chi connectivity index (χ1) is 17.8. The van der Waals surface area contributed by atoms with Crippen molar-refractivity contribution in [3.63, 3.8) is 0 Å². The van der Waals surface area contributed by atoms with Crippen molar-refractivity contribution in [3.8, 4) is 0 Å². The number of rotatable bonds is 14. The summed E-state index contributed by atoms with van der Waals surface area (Å²) in [6.07, 6.45) is -0.958. The van der Waals surface area contributed by atoms with Gasteiger partial charge in [0.15, 0.2) is 12.4 Å². The minimum absolute atomic E-state index is 0.00135. The Morgan fingerprint density at radius 2 is 1.97 bits per heavy atom. The minimum atomic E-state index is -4.38. The number of aliphatic hydroxyl groups is 2. The lowest BCUT2D eigenvalue weighted by Gasteiger charge is -2.27. The van der Waals surface area contributed by atoms with Crippen molar-refractivity contribution in [2.75, 3.05) is 32.2 Å². The average Bonchev–Trinajstić information content (AvgIpc) is 3.34. The normalized spacial score (nSPS) is 28.4. The number of nitrogens with two attached hydrogens (primary N) is 1. The number of nitrogen functional groups attached to an aromatic ring is 1. The number of esters is 2. The summed E-state index contributed by atoms with van der Waals surface area (Å²) in [6, 6.07) is -0.644. The maximum Gasteiger partial charge on any atom is 0.406 e. The Kier molecular flexibility index (Phi) is 9.68. The van der Waals surface area contributed by atoms with Crippen LogP contribution in [-0.2, 0) is 37.4 Å². The monoisotopic (exact) mass is 562 g/mol. The van der Waals surface area contributed by atoms with Crippen LogP contribution in [0.3, 0.4) is 0 Å². The molecule has 1 saturated heterocycles. The maximum atomic E-state index is 13.6. The number of carbonyl (C=O) groups is 2. The molecule has 0 aromatic carbocycles. The van der Waals surface area contributed by atoms with Crippen LogP contribution in [0.15, 0.2) is 17.1 Å². The first-order valence-electron chi connectivity index (χ1n) is 12.3. The first kappa shape index (κ1) is 30.2. The third-order valence-corrected chi connectivity index (χ3v) is 7.62. The van der Waals surface area contributed by atoms with Crippen molar-refractivity contribution < 1.29 is 47.6 Å². The summed E-state index contributed by atoms with van der Waals surface area (Å²) < 4.78 is 40.8. The van der Waals surface area contributed by atoms with Crippen molar-refractivity contribution in [2.45, 2.75) is 64.2 Å². The summed E-state index contributed by atoms with van der Waals surface area (Å²) in [5.74, 6) is -4.32. The van der Waals surface area contributed by atoms with E-state index in [2.05, 4.69) is 10.1 Å². The quantitative estimate of drug-likeness (QED) is 0.170. The molecule has 0 spiro atoms. The smallest absolute Gasteiger partial charge is 0.406 e. The van der Waals surface area contributed by atoms with Crippen molar-refractivity contribution in [1.29, 1.82) is 0 Å². The Labute approximate surface area is 219 Å². The molecule has 1 saturated carbocycles. The third kappa shape index (κ3) is 6.78. The van der Waals surface area contributed by atoms with E-state index in [1.165, 1.54) is 12.3 Å². The molecule has 3 rings (SSSR count). The molecule has 214 valence electrons. The van der Waals surface area contributed by atoms with Gasteiger partial charge in [0.1, 0.15) is 24.0 Å². The number of nitrogens with one attached hydrogen (secondary N) is 1. The zero-order valence-corrected chi connectivity index (χ0v) is 22.5. The average molecular weight is 563 g/mol. The van der Waals surface area contributed by atoms with Gasteiger partial charge in [-0.15, -0.1) is 0 Å². The third-order valence-electron chi connectivity index (χ3n) is 6.03. The molecular formula is C22H35N4O11P. The number of hydrogen-bond acceptors (Lipinski definition) is 13. The molecule has 1 aliphatic carbocycles. The number of aliphatic hydroxyl groups excluding tert-OH is 1. The van der Waals surface area contributed by atoms with Crippen LogP contribution >= 0.6 is 7.75 Å². The van der Waals surface area contributed by atoms with E-state index in [1.807, 2.05) is 13.8 Å². The highest BCUT2D eigenvalue weighted by Gasteiger charge is 2.76. The van der Waals surface area contributed by atoms with Gasteiger partial charge in [-0.1, -0.05) is 13.8 Å². The molecule has 1 aromatic heterocycles. The van der Waals surface area contributed by atoms with Crippen molar-refractivity contribution in [2.24, 2.45) is 11.8 Å². The summed E-state index contributed by atoms with van der Waals surface area (Å²) in [4.78, 5) is 40.1. The van der Waals surface area contributed by atoms with Crippen LogP contribution in [-0.4, -0.2) is 82.2 Å². The van der Waals surface area contributed by atoms with E-state index in [1.54, 1.807) is 13.8 Å². The van der Waals surface area contributed by atoms with Crippen LogP contribution in [0.25, 0.3) is 0 Å². The highest BCUT2D eigenvalue weighted by atomic mass is 31.2. The van der Waals surface area contributed by atoms with Gasteiger partial charge in [-0.05, 0) is 32.3 Å². The Balaban J connectivity index is 1.71. The van der Waals surface area contributed by atoms with Gasteiger partial charge in [-0.3, -0.25) is 18.4 Å². The second-order valence-electron chi connectivity index (χ2n) is 9.35. The van der Waals surface area contributed by atoms with Crippen molar-refractivity contribution >= 4 is 25.5 Å². The minimum Gasteiger partial charge on any atom is -0.465 e. The lowest BCUT2D eigenvalue weighted by molar-refractivity contribution is -0.162. The molecule has 5 N–H and O–H groups in total. The summed E-state index contributed by atoms with van der Waals surface area (Å²) in [5, 5.41) is 24.1. The van der Waals surface area contributed by atoms with Crippen LogP contribution in [0.4, 0.5) is 5.82 Å². The molecule has 0 radical (unpaired) electrons. The van der Waals surface area contributed by atoms with Crippen molar-refractivity contribution in [3.05, 3.63) is 22.7 Å². The molecule has 0 amide bonds. The van der Waals surface area contributed by atoms with Crippen LogP contribution in [0.5, 0.6) is 0 Å². The Hall–Kier alpha value is -2.39. The first-order valence-corrected chi connectivity index (χ1v) is 13.8. The van der Waals surface area contributed by atoms with E-state index in [0.717, 1.165) is 4.57 Å². The summed E-state index contributed by atoms with van der Waals surface area (Å²) >= 11 is 0. The summed E-state index contributed by atoms with van der Waals surface area (Å²) in [6.45, 7) is 5.74. The van der Waals surface area contributed by atoms with E-state index in [4.69, 9.17) is 29.0 Å². The molecule has 7 atom stereocenters. The molecule has 38 heavy (non-hydrogen) atoms. The van der Waals surface area contributed by atoms with E-state index >= 15 is 0 Å². The van der Waals surface area contributed by atoms with E-state index in [-0.39, 0.29) is 31.4 Å². The number of aromatic nitrogens is 2. The van der Waals surface area contributed by atoms with Crippen LogP contribution in [0.1, 0.15) is 40.2 Å². The van der Waals surface area contributed by atoms with Gasteiger partial charge < -0.3 is 30.2 Å². The number of nitrogens with zero attached hydrogens (tertiary/aromatic N) is 2. The van der Waals surface area contributed by atoms with Gasteiger partial charge >= 0.3 is 25.4 Å². The Bertz CT molecular complexity index is 1120. The lowest BCUT2D eigenvalue weighted by atomic mass is 10.1. The standard InChI is InChI=1S/C22H35N4O11P/c1-5-33-16(27)11-36-38(32,25-13(9-12(3)4)20(29)34-6-2)35-10-14-18(28)17-19(22(17,31)37-14)26-8-7-15(23)24-21(26)30/h7-8,12-14,17-19,28,31H,5-6,9-11H2,1-4H3,(H,25,32)(H2,23,24,30)/t13-,14+,17?,18?,19-,22?,38?/m0/s1. The maximum absolute atomic E-state index is 13.6. The van der Waals surface area contributed by atoms with E-state index in [0.29, 0.717) is 0 Å². The fraction of sp³-hybridized carbons (Fsp3) is 0.727. The van der Waals surface area contributed by atoms with Crippen LogP contribution < -0.4 is 16.5 Å². The molecular weight excluding hydrogens is 527 g/mol. The zero-order chi connectivity index (χ0) is 28.3. The van der Waals surface area contributed by atoms with Gasteiger partial charge in [0.05, 0.1) is 31.8 Å². The van der Waals surface area contributed by atoms with Gasteiger partial charge in [0.2, 0.25) is 0 Å². The Morgan fingerprint density at radius 3 is 2.53 bits per heavy atom. The molecule has 2 fully saturated rings. The predicted molar refractivity (Wildman–Crippen MR) is 130 cm³/mol. The predicted octanol–water partition coefficient (Wildman–Crippen LogP) is -0.283. The number of hydrogen-bond donors (Lipinski definition) is 4. The fourth-order valence-corrected chi connectivity index (χ4v) is 5.79. The number of anilines is 1. The number of ether oxygens (including phenoxy) is 3. The van der Waals surface area contributed by atoms with Gasteiger partial charge in [-0.2, -0.15) is 4.98 Å². The van der Waals surface area contributed by atoms with E-state index in [9.17, 15) is 29.2 Å². The van der Waals surface area contributed by atoms with Crippen molar-refractivity contribution in [1.82, 2.24) is 14.6 Å². The fourth-order valence-electron chi connectivity index (χ4n) is 4.36. The molecule has 2 heterocycles. The summed E-state index contributed by atoms with van der Waals surface area (Å²) in [7, 11) is -4.38. The topological polar surface area (TPSA) is 211 Å². The molecule has 2 aliphatic rings. The largest absolute Gasteiger partial charge is 0.465 e. The zero-order valence-electron chi connectivity index (χ0n) is 21.6. The van der Waals surface area contributed by atoms with E-state index < -0.39 is 74.6 Å². The van der Waals surface area contributed by atoms with Crippen LogP contribution in [0, 0.1) is 11.8 Å². The second kappa shape index (κ2) is 12.2. The van der Waals surface area contributed by atoms with Gasteiger partial charge in [-0.25, -0.2) is 19.2 Å². The highest BCUT2D eigenvalue weighted by Crippen LogP contribution is 2.62. The van der Waals surface area contributed by atoms with Gasteiger partial charge in [0, 0.05) is 6.20 Å². The molecule has 1 aromatic rings. The lowest BCUT2D eigenvalue weighted by Crippen LogP contribution is -2.40. The highest BCUT2D eigenvalue weighted by molar-refractivity contribution is 7.51.